The lowest BCUT2D eigenvalue weighted by Crippen LogP contribution is -2.40. The number of aliphatic hydroxyl groups excluding tert-OH is 2. The molecule has 0 radical (unpaired) electrons. The van der Waals surface area contributed by atoms with Crippen LogP contribution in [-0.4, -0.2) is 42.8 Å². The van der Waals surface area contributed by atoms with Gasteiger partial charge in [0.05, 0.1) is 29.1 Å². The summed E-state index contributed by atoms with van der Waals surface area (Å²) in [5, 5.41) is 28.0. The van der Waals surface area contributed by atoms with Gasteiger partial charge in [0.1, 0.15) is 0 Å². The molecule has 106 valence electrons. The van der Waals surface area contributed by atoms with Gasteiger partial charge in [0, 0.05) is 6.07 Å². The number of rotatable bonds is 6. The molecule has 0 heterocycles. The van der Waals surface area contributed by atoms with Crippen molar-refractivity contribution in [2.24, 2.45) is 0 Å². The average Bonchev–Trinajstić information content (AvgIpc) is 2.35. The maximum absolute atomic E-state index is 13.1. The van der Waals surface area contributed by atoms with Gasteiger partial charge in [-0.05, 0) is 12.1 Å². The highest BCUT2D eigenvalue weighted by Gasteiger charge is 2.23. The van der Waals surface area contributed by atoms with Gasteiger partial charge in [-0.2, -0.15) is 4.39 Å². The third kappa shape index (κ3) is 3.67. The molecule has 0 fully saturated rings. The summed E-state index contributed by atoms with van der Waals surface area (Å²) in [6.45, 7) is -1.31. The molecule has 1 aromatic carbocycles. The summed E-state index contributed by atoms with van der Waals surface area (Å²) < 4.78 is 38.5. The molecule has 0 aliphatic rings. The van der Waals surface area contributed by atoms with Crippen molar-refractivity contribution in [1.29, 1.82) is 0 Å². The van der Waals surface area contributed by atoms with Crippen molar-refractivity contribution in [3.05, 3.63) is 34.1 Å². The molecule has 1 rings (SSSR count). The van der Waals surface area contributed by atoms with Crippen molar-refractivity contribution in [2.45, 2.75) is 10.9 Å². The minimum absolute atomic E-state index is 0.535. The molecule has 0 spiro atoms. The lowest BCUT2D eigenvalue weighted by molar-refractivity contribution is -0.387. The number of nitro groups is 1. The van der Waals surface area contributed by atoms with Crippen LogP contribution in [0, 0.1) is 15.9 Å². The predicted octanol–water partition coefficient (Wildman–Crippen LogP) is -0.635. The monoisotopic (exact) mass is 294 g/mol. The van der Waals surface area contributed by atoms with Gasteiger partial charge in [-0.3, -0.25) is 10.1 Å². The van der Waals surface area contributed by atoms with E-state index < -0.39 is 50.6 Å². The van der Waals surface area contributed by atoms with Gasteiger partial charge in [-0.15, -0.1) is 0 Å². The molecule has 1 aromatic rings. The minimum atomic E-state index is -4.20. The van der Waals surface area contributed by atoms with E-state index in [4.69, 9.17) is 10.2 Å². The van der Waals surface area contributed by atoms with E-state index in [0.717, 1.165) is 6.07 Å². The van der Waals surface area contributed by atoms with Crippen molar-refractivity contribution < 1.29 is 27.9 Å². The summed E-state index contributed by atoms with van der Waals surface area (Å²) >= 11 is 0. The number of hydrogen-bond acceptors (Lipinski definition) is 6. The number of nitro benzene ring substituents is 1. The number of nitrogens with zero attached hydrogens (tertiary/aromatic N) is 1. The van der Waals surface area contributed by atoms with Crippen LogP contribution >= 0.6 is 0 Å². The van der Waals surface area contributed by atoms with Crippen molar-refractivity contribution in [3.8, 4) is 0 Å². The summed E-state index contributed by atoms with van der Waals surface area (Å²) in [7, 11) is -4.20. The topological polar surface area (TPSA) is 130 Å². The van der Waals surface area contributed by atoms with Crippen LogP contribution in [0.2, 0.25) is 0 Å². The minimum Gasteiger partial charge on any atom is -0.395 e. The first-order valence-electron chi connectivity index (χ1n) is 4.99. The fourth-order valence-corrected chi connectivity index (χ4v) is 2.46. The van der Waals surface area contributed by atoms with Crippen molar-refractivity contribution in [3.63, 3.8) is 0 Å². The summed E-state index contributed by atoms with van der Waals surface area (Å²) in [4.78, 5) is 8.92. The standard InChI is InChI=1S/C9H11FN2O6S/c10-8-2-1-7(3-9(8)12(15)16)19(17,18)11-6(4-13)5-14/h1-3,6,11,13-14H,4-5H2. The molecule has 0 atom stereocenters. The van der Waals surface area contributed by atoms with E-state index >= 15 is 0 Å². The number of halogens is 1. The molecule has 0 unspecified atom stereocenters. The average molecular weight is 294 g/mol. The third-order valence-electron chi connectivity index (χ3n) is 2.19. The number of sulfonamides is 1. The lowest BCUT2D eigenvalue weighted by Gasteiger charge is -2.13. The van der Waals surface area contributed by atoms with Gasteiger partial charge >= 0.3 is 5.69 Å². The van der Waals surface area contributed by atoms with Crippen LogP contribution in [0.5, 0.6) is 0 Å². The fourth-order valence-electron chi connectivity index (χ4n) is 1.22. The Hall–Kier alpha value is -1.62. The Morgan fingerprint density at radius 2 is 1.95 bits per heavy atom. The highest BCUT2D eigenvalue weighted by Crippen LogP contribution is 2.21. The SMILES string of the molecule is O=[N+]([O-])c1cc(S(=O)(=O)NC(CO)CO)ccc1F. The second-order valence-electron chi connectivity index (χ2n) is 3.55. The number of aliphatic hydroxyl groups is 2. The highest BCUT2D eigenvalue weighted by molar-refractivity contribution is 7.89. The zero-order chi connectivity index (χ0) is 14.6. The largest absolute Gasteiger partial charge is 0.395 e. The molecule has 8 nitrogen and oxygen atoms in total. The lowest BCUT2D eigenvalue weighted by atomic mass is 10.3. The van der Waals surface area contributed by atoms with Crippen LogP contribution < -0.4 is 4.72 Å². The molecular weight excluding hydrogens is 283 g/mol. The number of hydrogen-bond donors (Lipinski definition) is 3. The van der Waals surface area contributed by atoms with Gasteiger partial charge < -0.3 is 10.2 Å². The Balaban J connectivity index is 3.15. The normalized spacial score (nSPS) is 11.8. The summed E-state index contributed by atoms with van der Waals surface area (Å²) in [5.41, 5.74) is -0.979. The van der Waals surface area contributed by atoms with Crippen LogP contribution in [0.4, 0.5) is 10.1 Å². The highest BCUT2D eigenvalue weighted by atomic mass is 32.2. The Labute approximate surface area is 107 Å². The van der Waals surface area contributed by atoms with E-state index in [1.165, 1.54) is 0 Å². The zero-order valence-electron chi connectivity index (χ0n) is 9.48. The molecule has 0 saturated carbocycles. The van der Waals surface area contributed by atoms with E-state index in [-0.39, 0.29) is 0 Å². The quantitative estimate of drug-likeness (QED) is 0.473. The van der Waals surface area contributed by atoms with Crippen LogP contribution in [0.25, 0.3) is 0 Å². The first-order valence-corrected chi connectivity index (χ1v) is 6.48. The van der Waals surface area contributed by atoms with Crippen LogP contribution in [0.15, 0.2) is 23.1 Å². The first kappa shape index (κ1) is 15.4. The van der Waals surface area contributed by atoms with E-state index in [9.17, 15) is 22.9 Å². The Morgan fingerprint density at radius 3 is 2.42 bits per heavy atom. The first-order chi connectivity index (χ1) is 8.81. The van der Waals surface area contributed by atoms with Crippen LogP contribution in [-0.2, 0) is 10.0 Å². The third-order valence-corrected chi connectivity index (χ3v) is 3.71. The molecule has 0 aromatic heterocycles. The van der Waals surface area contributed by atoms with Gasteiger partial charge in [-0.25, -0.2) is 13.1 Å². The van der Waals surface area contributed by atoms with E-state index in [1.54, 1.807) is 0 Å². The fraction of sp³-hybridized carbons (Fsp3) is 0.333. The van der Waals surface area contributed by atoms with E-state index in [0.29, 0.717) is 12.1 Å². The van der Waals surface area contributed by atoms with Crippen molar-refractivity contribution in [1.82, 2.24) is 4.72 Å². The summed E-state index contributed by atoms with van der Waals surface area (Å²) in [5.74, 6) is -1.16. The number of benzene rings is 1. The second-order valence-corrected chi connectivity index (χ2v) is 5.27. The molecule has 0 aliphatic carbocycles. The van der Waals surface area contributed by atoms with Gasteiger partial charge in [0.15, 0.2) is 0 Å². The smallest absolute Gasteiger partial charge is 0.306 e. The second kappa shape index (κ2) is 6.02. The number of nitrogens with one attached hydrogen (secondary N) is 1. The Bertz CT molecular complexity index is 572. The molecule has 3 N–H and O–H groups in total. The summed E-state index contributed by atoms with van der Waals surface area (Å²) in [6, 6.07) is 0.911. The van der Waals surface area contributed by atoms with Gasteiger partial charge in [0.2, 0.25) is 15.8 Å². The van der Waals surface area contributed by atoms with Gasteiger partial charge in [0.25, 0.3) is 0 Å². The molecule has 0 saturated heterocycles. The maximum Gasteiger partial charge on any atom is 0.306 e. The van der Waals surface area contributed by atoms with E-state index in [1.807, 2.05) is 4.72 Å². The molecule has 10 heteroatoms. The van der Waals surface area contributed by atoms with Crippen LogP contribution in [0.1, 0.15) is 0 Å². The van der Waals surface area contributed by atoms with E-state index in [2.05, 4.69) is 0 Å². The molecule has 0 bridgehead atoms. The molecule has 0 amide bonds. The molecule has 0 aliphatic heterocycles. The van der Waals surface area contributed by atoms with Gasteiger partial charge in [-0.1, -0.05) is 0 Å². The Kier molecular flexibility index (Phi) is 4.89. The maximum atomic E-state index is 13.1. The summed E-state index contributed by atoms with van der Waals surface area (Å²) in [6.07, 6.45) is 0. The van der Waals surface area contributed by atoms with Crippen molar-refractivity contribution in [2.75, 3.05) is 13.2 Å². The predicted molar refractivity (Wildman–Crippen MR) is 61.3 cm³/mol. The van der Waals surface area contributed by atoms with Crippen LogP contribution in [0.3, 0.4) is 0 Å². The molecule has 19 heavy (non-hydrogen) atoms. The zero-order valence-corrected chi connectivity index (χ0v) is 10.3. The van der Waals surface area contributed by atoms with Crippen molar-refractivity contribution >= 4 is 15.7 Å². The molecular formula is C9H11FN2O6S. The Morgan fingerprint density at radius 1 is 1.37 bits per heavy atom.